The van der Waals surface area contributed by atoms with Crippen LogP contribution < -0.4 is 10.6 Å². The summed E-state index contributed by atoms with van der Waals surface area (Å²) >= 11 is 12.1. The molecule has 5 nitrogen and oxygen atoms in total. The lowest BCUT2D eigenvalue weighted by atomic mass is 10.3. The van der Waals surface area contributed by atoms with E-state index in [4.69, 9.17) is 23.2 Å². The Bertz CT molecular complexity index is 619. The number of rotatable bonds is 7. The number of halogens is 2. The molecule has 1 heterocycles. The van der Waals surface area contributed by atoms with E-state index in [-0.39, 0.29) is 0 Å². The highest BCUT2D eigenvalue weighted by Crippen LogP contribution is 2.28. The minimum absolute atomic E-state index is 0.587. The van der Waals surface area contributed by atoms with Crippen LogP contribution in [-0.2, 0) is 0 Å². The third kappa shape index (κ3) is 5.33. The van der Waals surface area contributed by atoms with Gasteiger partial charge < -0.3 is 15.5 Å². The van der Waals surface area contributed by atoms with E-state index in [0.29, 0.717) is 21.6 Å². The Kier molecular flexibility index (Phi) is 6.24. The second kappa shape index (κ2) is 8.17. The summed E-state index contributed by atoms with van der Waals surface area (Å²) in [7, 11) is 4.11. The van der Waals surface area contributed by atoms with Gasteiger partial charge in [-0.05, 0) is 45.3 Å². The molecule has 0 aliphatic heterocycles. The second-order valence-corrected chi connectivity index (χ2v) is 5.96. The Morgan fingerprint density at radius 3 is 2.64 bits per heavy atom. The summed E-state index contributed by atoms with van der Waals surface area (Å²) in [5.74, 6) is 1.43. The molecule has 2 aromatic rings. The van der Waals surface area contributed by atoms with E-state index in [0.717, 1.165) is 25.3 Å². The van der Waals surface area contributed by atoms with Gasteiger partial charge in [0.1, 0.15) is 18.0 Å². The minimum Gasteiger partial charge on any atom is -0.370 e. The quantitative estimate of drug-likeness (QED) is 0.749. The van der Waals surface area contributed by atoms with Crippen molar-refractivity contribution in [1.82, 2.24) is 14.9 Å². The van der Waals surface area contributed by atoms with Crippen molar-refractivity contribution in [3.8, 4) is 0 Å². The predicted octanol–water partition coefficient (Wildman–Crippen LogP) is 3.89. The SMILES string of the molecule is CN(C)CCCNc1cc(Nc2cc(Cl)ccc2Cl)ncn1. The molecular weight excluding hydrogens is 321 g/mol. The molecule has 0 saturated heterocycles. The van der Waals surface area contributed by atoms with Crippen LogP contribution in [0.25, 0.3) is 0 Å². The number of anilines is 3. The van der Waals surface area contributed by atoms with Gasteiger partial charge in [-0.25, -0.2) is 9.97 Å². The molecule has 1 aromatic heterocycles. The summed E-state index contributed by atoms with van der Waals surface area (Å²) in [5, 5.41) is 7.62. The van der Waals surface area contributed by atoms with Gasteiger partial charge in [-0.1, -0.05) is 23.2 Å². The third-order valence-electron chi connectivity index (χ3n) is 2.95. The number of hydrogen-bond acceptors (Lipinski definition) is 5. The van der Waals surface area contributed by atoms with Crippen molar-refractivity contribution in [2.24, 2.45) is 0 Å². The Labute approximate surface area is 140 Å². The number of benzene rings is 1. The van der Waals surface area contributed by atoms with Crippen molar-refractivity contribution in [3.05, 3.63) is 40.6 Å². The molecule has 0 atom stereocenters. The normalized spacial score (nSPS) is 10.8. The van der Waals surface area contributed by atoms with Crippen molar-refractivity contribution in [1.29, 1.82) is 0 Å². The average molecular weight is 340 g/mol. The number of hydrogen-bond donors (Lipinski definition) is 2. The monoisotopic (exact) mass is 339 g/mol. The molecule has 2 N–H and O–H groups in total. The van der Waals surface area contributed by atoms with Crippen LogP contribution >= 0.6 is 23.2 Å². The molecule has 1 aromatic carbocycles. The van der Waals surface area contributed by atoms with Crippen molar-refractivity contribution in [2.45, 2.75) is 6.42 Å². The second-order valence-electron chi connectivity index (χ2n) is 5.12. The highest BCUT2D eigenvalue weighted by Gasteiger charge is 2.04. The Hall–Kier alpha value is -1.56. The van der Waals surface area contributed by atoms with Crippen LogP contribution in [0.5, 0.6) is 0 Å². The summed E-state index contributed by atoms with van der Waals surface area (Å²) in [6, 6.07) is 7.09. The first kappa shape index (κ1) is 16.8. The lowest BCUT2D eigenvalue weighted by Crippen LogP contribution is -2.16. The summed E-state index contributed by atoms with van der Waals surface area (Å²) in [6.07, 6.45) is 2.55. The predicted molar refractivity (Wildman–Crippen MR) is 93.4 cm³/mol. The third-order valence-corrected chi connectivity index (χ3v) is 3.51. The summed E-state index contributed by atoms with van der Waals surface area (Å²) in [4.78, 5) is 10.5. The van der Waals surface area contributed by atoms with E-state index in [1.54, 1.807) is 18.2 Å². The maximum Gasteiger partial charge on any atom is 0.135 e. The van der Waals surface area contributed by atoms with Crippen LogP contribution in [0.2, 0.25) is 10.0 Å². The molecule has 118 valence electrons. The Morgan fingerprint density at radius 2 is 1.86 bits per heavy atom. The van der Waals surface area contributed by atoms with Gasteiger partial charge in [0.15, 0.2) is 0 Å². The van der Waals surface area contributed by atoms with E-state index < -0.39 is 0 Å². The fourth-order valence-corrected chi connectivity index (χ4v) is 2.20. The summed E-state index contributed by atoms with van der Waals surface area (Å²) in [6.45, 7) is 1.88. The van der Waals surface area contributed by atoms with E-state index >= 15 is 0 Å². The highest BCUT2D eigenvalue weighted by atomic mass is 35.5. The summed E-state index contributed by atoms with van der Waals surface area (Å²) < 4.78 is 0. The van der Waals surface area contributed by atoms with Crippen LogP contribution in [0.1, 0.15) is 6.42 Å². The molecule has 0 amide bonds. The van der Waals surface area contributed by atoms with Crippen molar-refractivity contribution in [3.63, 3.8) is 0 Å². The van der Waals surface area contributed by atoms with Crippen molar-refractivity contribution in [2.75, 3.05) is 37.8 Å². The van der Waals surface area contributed by atoms with Crippen LogP contribution in [0.15, 0.2) is 30.6 Å². The first-order valence-electron chi connectivity index (χ1n) is 6.97. The van der Waals surface area contributed by atoms with Crippen LogP contribution in [0.4, 0.5) is 17.3 Å². The topological polar surface area (TPSA) is 53.1 Å². The lowest BCUT2D eigenvalue weighted by Gasteiger charge is -2.11. The van der Waals surface area contributed by atoms with Crippen LogP contribution in [-0.4, -0.2) is 42.1 Å². The molecule has 0 unspecified atom stereocenters. The number of nitrogens with one attached hydrogen (secondary N) is 2. The Balaban J connectivity index is 1.97. The van der Waals surface area contributed by atoms with Gasteiger partial charge in [0.2, 0.25) is 0 Å². The molecule has 0 spiro atoms. The smallest absolute Gasteiger partial charge is 0.135 e. The molecule has 0 fully saturated rings. The van der Waals surface area contributed by atoms with Gasteiger partial charge in [0.05, 0.1) is 10.7 Å². The molecule has 0 radical (unpaired) electrons. The molecule has 0 saturated carbocycles. The van der Waals surface area contributed by atoms with Crippen LogP contribution in [0.3, 0.4) is 0 Å². The largest absolute Gasteiger partial charge is 0.370 e. The number of aromatic nitrogens is 2. The zero-order valence-electron chi connectivity index (χ0n) is 12.6. The van der Waals surface area contributed by atoms with Gasteiger partial charge >= 0.3 is 0 Å². The highest BCUT2D eigenvalue weighted by molar-refractivity contribution is 6.35. The molecule has 7 heteroatoms. The van der Waals surface area contributed by atoms with Gasteiger partial charge in [-0.15, -0.1) is 0 Å². The Morgan fingerprint density at radius 1 is 1.09 bits per heavy atom. The van der Waals surface area contributed by atoms with Crippen LogP contribution in [0, 0.1) is 0 Å². The van der Waals surface area contributed by atoms with Crippen molar-refractivity contribution < 1.29 is 0 Å². The maximum absolute atomic E-state index is 6.13. The van der Waals surface area contributed by atoms with E-state index in [1.165, 1.54) is 6.33 Å². The van der Waals surface area contributed by atoms with Gasteiger partial charge in [0.25, 0.3) is 0 Å². The summed E-state index contributed by atoms with van der Waals surface area (Å²) in [5.41, 5.74) is 0.714. The molecule has 0 bridgehead atoms. The lowest BCUT2D eigenvalue weighted by molar-refractivity contribution is 0.405. The standard InChI is InChI=1S/C15H19Cl2N5/c1-22(2)7-3-6-18-14-9-15(20-10-19-14)21-13-8-11(16)4-5-12(13)17/h4-5,8-10H,3,6-7H2,1-2H3,(H2,18,19,20,21). The molecular formula is C15H19Cl2N5. The maximum atomic E-state index is 6.13. The molecule has 0 aliphatic carbocycles. The van der Waals surface area contributed by atoms with E-state index in [2.05, 4.69) is 39.6 Å². The van der Waals surface area contributed by atoms with Gasteiger partial charge in [0, 0.05) is 17.6 Å². The molecule has 22 heavy (non-hydrogen) atoms. The van der Waals surface area contributed by atoms with Gasteiger partial charge in [-0.3, -0.25) is 0 Å². The van der Waals surface area contributed by atoms with Gasteiger partial charge in [-0.2, -0.15) is 0 Å². The fourth-order valence-electron chi connectivity index (χ4n) is 1.87. The van der Waals surface area contributed by atoms with Crippen molar-refractivity contribution >= 4 is 40.5 Å². The first-order chi connectivity index (χ1) is 10.5. The zero-order chi connectivity index (χ0) is 15.9. The molecule has 0 aliphatic rings. The minimum atomic E-state index is 0.587. The van der Waals surface area contributed by atoms with E-state index in [9.17, 15) is 0 Å². The zero-order valence-corrected chi connectivity index (χ0v) is 14.1. The fraction of sp³-hybridized carbons (Fsp3) is 0.333. The first-order valence-corrected chi connectivity index (χ1v) is 7.73. The number of nitrogens with zero attached hydrogens (tertiary/aromatic N) is 3. The molecule has 2 rings (SSSR count). The van der Waals surface area contributed by atoms with E-state index in [1.807, 2.05) is 6.07 Å². The average Bonchev–Trinajstić information content (AvgIpc) is 2.48.